The van der Waals surface area contributed by atoms with Gasteiger partial charge in [0.1, 0.15) is 0 Å². The van der Waals surface area contributed by atoms with Gasteiger partial charge in [-0.25, -0.2) is 0 Å². The molecule has 128 valence electrons. The molecule has 24 heavy (non-hydrogen) atoms. The van der Waals surface area contributed by atoms with Crippen LogP contribution >= 0.6 is 23.8 Å². The Morgan fingerprint density at radius 3 is 2.50 bits per heavy atom. The van der Waals surface area contributed by atoms with E-state index in [1.54, 1.807) is 14.2 Å². The molecule has 2 aromatic carbocycles. The van der Waals surface area contributed by atoms with E-state index in [4.69, 9.17) is 33.3 Å². The summed E-state index contributed by atoms with van der Waals surface area (Å²) in [6.45, 7) is 2.67. The molecule has 0 aliphatic heterocycles. The molecule has 4 nitrogen and oxygen atoms in total. The number of nitrogens with one attached hydrogen (secondary N) is 2. The highest BCUT2D eigenvalue weighted by Gasteiger charge is 2.05. The maximum atomic E-state index is 6.11. The number of methoxy groups -OCH3 is 2. The number of ether oxygens (including phenoxy) is 2. The van der Waals surface area contributed by atoms with Gasteiger partial charge >= 0.3 is 0 Å². The van der Waals surface area contributed by atoms with Gasteiger partial charge in [0.25, 0.3) is 0 Å². The van der Waals surface area contributed by atoms with Crippen molar-refractivity contribution in [3.8, 4) is 11.5 Å². The highest BCUT2D eigenvalue weighted by atomic mass is 35.5. The number of benzene rings is 2. The Morgan fingerprint density at radius 2 is 1.83 bits per heavy atom. The molecule has 0 saturated heterocycles. The van der Waals surface area contributed by atoms with Crippen LogP contribution in [0, 0.1) is 6.92 Å². The lowest BCUT2D eigenvalue weighted by Gasteiger charge is -2.12. The minimum atomic E-state index is 0.565. The van der Waals surface area contributed by atoms with Crippen molar-refractivity contribution >= 4 is 34.6 Å². The largest absolute Gasteiger partial charge is 0.493 e. The Bertz CT molecular complexity index is 722. The molecule has 2 N–H and O–H groups in total. The lowest BCUT2D eigenvalue weighted by molar-refractivity contribution is 0.354. The Hall–Kier alpha value is -1.98. The first-order chi connectivity index (χ1) is 11.5. The fraction of sp³-hybridized carbons (Fsp3) is 0.278. The van der Waals surface area contributed by atoms with Crippen LogP contribution in [0.15, 0.2) is 36.4 Å². The molecule has 0 amide bonds. The van der Waals surface area contributed by atoms with Crippen molar-refractivity contribution in [1.29, 1.82) is 0 Å². The van der Waals surface area contributed by atoms with Gasteiger partial charge in [0.05, 0.1) is 14.2 Å². The summed E-state index contributed by atoms with van der Waals surface area (Å²) in [5.74, 6) is 1.45. The Balaban J connectivity index is 1.85. The molecule has 2 aromatic rings. The number of rotatable bonds is 6. The van der Waals surface area contributed by atoms with E-state index in [1.165, 1.54) is 0 Å². The second-order valence-corrected chi connectivity index (χ2v) is 6.10. The fourth-order valence-corrected chi connectivity index (χ4v) is 2.60. The van der Waals surface area contributed by atoms with E-state index in [-0.39, 0.29) is 0 Å². The predicted molar refractivity (Wildman–Crippen MR) is 104 cm³/mol. The van der Waals surface area contributed by atoms with E-state index in [2.05, 4.69) is 10.6 Å². The van der Waals surface area contributed by atoms with Gasteiger partial charge in [-0.3, -0.25) is 0 Å². The molecule has 0 aliphatic rings. The Kier molecular flexibility index (Phi) is 6.70. The van der Waals surface area contributed by atoms with Gasteiger partial charge in [-0.05, 0) is 61.0 Å². The number of hydrogen-bond acceptors (Lipinski definition) is 3. The maximum absolute atomic E-state index is 6.11. The van der Waals surface area contributed by atoms with Crippen molar-refractivity contribution in [1.82, 2.24) is 5.32 Å². The molecule has 0 radical (unpaired) electrons. The van der Waals surface area contributed by atoms with Gasteiger partial charge in [0.2, 0.25) is 0 Å². The minimum Gasteiger partial charge on any atom is -0.493 e. The van der Waals surface area contributed by atoms with E-state index >= 15 is 0 Å². The molecule has 0 fully saturated rings. The van der Waals surface area contributed by atoms with Crippen LogP contribution in [0.2, 0.25) is 5.02 Å². The first-order valence-electron chi connectivity index (χ1n) is 7.55. The topological polar surface area (TPSA) is 42.5 Å². The minimum absolute atomic E-state index is 0.565. The molecule has 0 unspecified atom stereocenters. The summed E-state index contributed by atoms with van der Waals surface area (Å²) >= 11 is 11.4. The van der Waals surface area contributed by atoms with Crippen LogP contribution in [-0.4, -0.2) is 25.9 Å². The second kappa shape index (κ2) is 8.76. The average Bonchev–Trinajstić information content (AvgIpc) is 2.58. The van der Waals surface area contributed by atoms with Crippen LogP contribution in [0.3, 0.4) is 0 Å². The highest BCUT2D eigenvalue weighted by Crippen LogP contribution is 2.27. The summed E-state index contributed by atoms with van der Waals surface area (Å²) in [6.07, 6.45) is 0.816. The quantitative estimate of drug-likeness (QED) is 0.752. The Labute approximate surface area is 153 Å². The number of hydrogen-bond donors (Lipinski definition) is 2. The lowest BCUT2D eigenvalue weighted by atomic mass is 10.1. The van der Waals surface area contributed by atoms with Gasteiger partial charge in [-0.2, -0.15) is 0 Å². The van der Waals surface area contributed by atoms with E-state index < -0.39 is 0 Å². The standard InChI is InChI=1S/C18H21ClN2O2S/c1-12-4-6-14(11-15(12)19)21-18(24)20-9-8-13-5-7-16(22-2)17(10-13)23-3/h4-7,10-11H,8-9H2,1-3H3,(H2,20,21,24). The summed E-state index contributed by atoms with van der Waals surface area (Å²) < 4.78 is 10.5. The smallest absolute Gasteiger partial charge is 0.170 e. The van der Waals surface area contributed by atoms with Crippen LogP contribution in [0.4, 0.5) is 5.69 Å². The molecule has 0 aromatic heterocycles. The van der Waals surface area contributed by atoms with Gasteiger partial charge in [0.15, 0.2) is 16.6 Å². The normalized spacial score (nSPS) is 10.2. The molecule has 0 atom stereocenters. The molecule has 0 heterocycles. The zero-order chi connectivity index (χ0) is 17.5. The van der Waals surface area contributed by atoms with E-state index in [9.17, 15) is 0 Å². The second-order valence-electron chi connectivity index (χ2n) is 5.28. The van der Waals surface area contributed by atoms with Crippen molar-refractivity contribution < 1.29 is 9.47 Å². The van der Waals surface area contributed by atoms with Crippen LogP contribution < -0.4 is 20.1 Å². The highest BCUT2D eigenvalue weighted by molar-refractivity contribution is 7.80. The third-order valence-corrected chi connectivity index (χ3v) is 4.23. The van der Waals surface area contributed by atoms with E-state index in [1.807, 2.05) is 43.3 Å². The van der Waals surface area contributed by atoms with Crippen molar-refractivity contribution in [2.45, 2.75) is 13.3 Å². The molecule has 6 heteroatoms. The number of anilines is 1. The van der Waals surface area contributed by atoms with E-state index in [0.717, 1.165) is 34.7 Å². The van der Waals surface area contributed by atoms with Gasteiger partial charge < -0.3 is 20.1 Å². The molecule has 2 rings (SSSR count). The number of thiocarbonyl (C=S) groups is 1. The lowest BCUT2D eigenvalue weighted by Crippen LogP contribution is -2.30. The average molecular weight is 365 g/mol. The summed E-state index contributed by atoms with van der Waals surface area (Å²) in [7, 11) is 3.26. The molecule has 0 spiro atoms. The fourth-order valence-electron chi connectivity index (χ4n) is 2.20. The summed E-state index contributed by atoms with van der Waals surface area (Å²) in [4.78, 5) is 0. The molecule has 0 aliphatic carbocycles. The molecular weight excluding hydrogens is 344 g/mol. The molecular formula is C18H21ClN2O2S. The predicted octanol–water partition coefficient (Wildman–Crippen LogP) is 4.19. The Morgan fingerprint density at radius 1 is 1.08 bits per heavy atom. The third-order valence-electron chi connectivity index (χ3n) is 3.58. The van der Waals surface area contributed by atoms with Crippen LogP contribution in [-0.2, 0) is 6.42 Å². The van der Waals surface area contributed by atoms with Crippen molar-refractivity contribution in [2.75, 3.05) is 26.1 Å². The third kappa shape index (κ3) is 5.01. The van der Waals surface area contributed by atoms with Crippen LogP contribution in [0.25, 0.3) is 0 Å². The van der Waals surface area contributed by atoms with Gasteiger partial charge in [-0.1, -0.05) is 23.7 Å². The number of aryl methyl sites for hydroxylation is 1. The summed E-state index contributed by atoms with van der Waals surface area (Å²) in [5, 5.41) is 7.59. The van der Waals surface area contributed by atoms with Crippen molar-refractivity contribution in [3.63, 3.8) is 0 Å². The first-order valence-corrected chi connectivity index (χ1v) is 8.34. The van der Waals surface area contributed by atoms with Gasteiger partial charge in [-0.15, -0.1) is 0 Å². The molecule has 0 bridgehead atoms. The van der Waals surface area contributed by atoms with Crippen molar-refractivity contribution in [2.24, 2.45) is 0 Å². The zero-order valence-corrected chi connectivity index (χ0v) is 15.6. The maximum Gasteiger partial charge on any atom is 0.170 e. The molecule has 0 saturated carbocycles. The number of halogens is 1. The monoisotopic (exact) mass is 364 g/mol. The van der Waals surface area contributed by atoms with Crippen molar-refractivity contribution in [3.05, 3.63) is 52.5 Å². The van der Waals surface area contributed by atoms with Crippen LogP contribution in [0.1, 0.15) is 11.1 Å². The van der Waals surface area contributed by atoms with E-state index in [0.29, 0.717) is 16.7 Å². The zero-order valence-electron chi connectivity index (χ0n) is 14.0. The van der Waals surface area contributed by atoms with Gasteiger partial charge in [0, 0.05) is 17.3 Å². The summed E-state index contributed by atoms with van der Waals surface area (Å²) in [6, 6.07) is 11.6. The first kappa shape index (κ1) is 18.4. The SMILES string of the molecule is COc1ccc(CCNC(=S)Nc2ccc(C)c(Cl)c2)cc1OC. The van der Waals surface area contributed by atoms with Crippen LogP contribution in [0.5, 0.6) is 11.5 Å². The summed E-state index contributed by atoms with van der Waals surface area (Å²) in [5.41, 5.74) is 3.05.